The van der Waals surface area contributed by atoms with E-state index in [1.807, 2.05) is 6.92 Å². The molecule has 0 unspecified atom stereocenters. The average Bonchev–Trinajstić information content (AvgIpc) is 2.68. The average molecular weight is 352 g/mol. The number of aromatic nitrogens is 2. The Kier molecular flexibility index (Phi) is 4.57. The fraction of sp³-hybridized carbons (Fsp3) is 0.524. The van der Waals surface area contributed by atoms with E-state index in [1.54, 1.807) is 0 Å². The van der Waals surface area contributed by atoms with Gasteiger partial charge in [0.2, 0.25) is 5.95 Å². The molecule has 26 heavy (non-hydrogen) atoms. The summed E-state index contributed by atoms with van der Waals surface area (Å²) >= 11 is 0. The number of rotatable bonds is 5. The van der Waals surface area contributed by atoms with Gasteiger partial charge < -0.3 is 15.3 Å². The number of benzene rings is 1. The first kappa shape index (κ1) is 17.3. The smallest absolute Gasteiger partial charge is 0.225 e. The van der Waals surface area contributed by atoms with Gasteiger partial charge in [0.15, 0.2) is 0 Å². The molecule has 1 aromatic heterocycles. The SMILES string of the molecule is CC(C)c1cc(N2C[C@H]3CC[C@H]2c2ccccc23)nc(N[C@@H](C)CO)n1. The zero-order chi connectivity index (χ0) is 18.3. The molecule has 2 aromatic rings. The number of hydrogen-bond acceptors (Lipinski definition) is 5. The van der Waals surface area contributed by atoms with Crippen molar-refractivity contribution in [2.24, 2.45) is 0 Å². The maximum atomic E-state index is 9.36. The summed E-state index contributed by atoms with van der Waals surface area (Å²) in [6, 6.07) is 11.3. The molecule has 1 saturated heterocycles. The van der Waals surface area contributed by atoms with Crippen LogP contribution in [0, 0.1) is 0 Å². The van der Waals surface area contributed by atoms with Gasteiger partial charge in [-0.25, -0.2) is 4.98 Å². The van der Waals surface area contributed by atoms with Crippen molar-refractivity contribution in [2.45, 2.75) is 57.5 Å². The van der Waals surface area contributed by atoms with Crippen molar-refractivity contribution in [3.05, 3.63) is 47.2 Å². The molecule has 3 atom stereocenters. The highest BCUT2D eigenvalue weighted by atomic mass is 16.3. The highest BCUT2D eigenvalue weighted by Crippen LogP contribution is 2.48. The monoisotopic (exact) mass is 352 g/mol. The molecule has 3 aliphatic rings. The van der Waals surface area contributed by atoms with Crippen LogP contribution in [0.3, 0.4) is 0 Å². The number of aliphatic hydroxyl groups excluding tert-OH is 1. The van der Waals surface area contributed by atoms with Crippen molar-refractivity contribution in [3.8, 4) is 0 Å². The van der Waals surface area contributed by atoms with E-state index in [2.05, 4.69) is 59.4 Å². The zero-order valence-corrected chi connectivity index (χ0v) is 15.8. The van der Waals surface area contributed by atoms with Crippen LogP contribution in [-0.4, -0.2) is 34.3 Å². The molecular formula is C21H28N4O. The lowest BCUT2D eigenvalue weighted by atomic mass is 9.75. The minimum atomic E-state index is -0.0659. The van der Waals surface area contributed by atoms with Crippen molar-refractivity contribution >= 4 is 11.8 Å². The summed E-state index contributed by atoms with van der Waals surface area (Å²) in [6.45, 7) is 7.33. The van der Waals surface area contributed by atoms with Crippen LogP contribution in [0.25, 0.3) is 0 Å². The Balaban J connectivity index is 1.72. The molecule has 138 valence electrons. The molecule has 2 N–H and O–H groups in total. The molecule has 2 aliphatic heterocycles. The third kappa shape index (κ3) is 3.05. The van der Waals surface area contributed by atoms with E-state index in [4.69, 9.17) is 4.98 Å². The maximum Gasteiger partial charge on any atom is 0.225 e. The number of nitrogens with zero attached hydrogens (tertiary/aromatic N) is 3. The first-order chi connectivity index (χ1) is 12.6. The second-order valence-corrected chi connectivity index (χ2v) is 7.93. The van der Waals surface area contributed by atoms with E-state index < -0.39 is 0 Å². The van der Waals surface area contributed by atoms with Gasteiger partial charge in [-0.15, -0.1) is 0 Å². The summed E-state index contributed by atoms with van der Waals surface area (Å²) in [5, 5.41) is 12.6. The molecule has 0 spiro atoms. The van der Waals surface area contributed by atoms with E-state index in [-0.39, 0.29) is 12.6 Å². The summed E-state index contributed by atoms with van der Waals surface area (Å²) in [6.07, 6.45) is 2.44. The van der Waals surface area contributed by atoms with Crippen LogP contribution in [0.15, 0.2) is 30.3 Å². The minimum absolute atomic E-state index is 0.0619. The third-order valence-electron chi connectivity index (χ3n) is 5.64. The molecule has 1 aliphatic carbocycles. The van der Waals surface area contributed by atoms with Crippen LogP contribution >= 0.6 is 0 Å². The van der Waals surface area contributed by atoms with Gasteiger partial charge in [-0.1, -0.05) is 38.1 Å². The second-order valence-electron chi connectivity index (χ2n) is 7.93. The van der Waals surface area contributed by atoms with Crippen molar-refractivity contribution in [2.75, 3.05) is 23.4 Å². The normalized spacial score (nSPS) is 22.4. The molecule has 0 radical (unpaired) electrons. The molecule has 5 nitrogen and oxygen atoms in total. The Morgan fingerprint density at radius 3 is 2.65 bits per heavy atom. The van der Waals surface area contributed by atoms with Gasteiger partial charge in [0, 0.05) is 24.6 Å². The van der Waals surface area contributed by atoms with Crippen LogP contribution < -0.4 is 10.2 Å². The fourth-order valence-electron chi connectivity index (χ4n) is 4.21. The largest absolute Gasteiger partial charge is 0.394 e. The van der Waals surface area contributed by atoms with Crippen LogP contribution in [0.4, 0.5) is 11.8 Å². The number of anilines is 2. The summed E-state index contributed by atoms with van der Waals surface area (Å²) in [4.78, 5) is 11.9. The lowest BCUT2D eigenvalue weighted by Crippen LogP contribution is -2.43. The summed E-state index contributed by atoms with van der Waals surface area (Å²) in [5.74, 6) is 2.53. The van der Waals surface area contributed by atoms with Gasteiger partial charge in [-0.05, 0) is 36.8 Å². The Bertz CT molecular complexity index is 791. The molecular weight excluding hydrogens is 324 g/mol. The van der Waals surface area contributed by atoms with E-state index in [0.717, 1.165) is 18.1 Å². The van der Waals surface area contributed by atoms with Crippen LogP contribution in [0.2, 0.25) is 0 Å². The molecule has 2 bridgehead atoms. The number of nitrogens with one attached hydrogen (secondary N) is 1. The standard InChI is InChI=1S/C21H28N4O/c1-13(2)18-10-20(24-21(23-18)22-14(3)12-26)25-11-15-8-9-19(25)17-7-5-4-6-16(15)17/h4-7,10,13-15,19,26H,8-9,11-12H2,1-3H3,(H,22,23,24)/t14-,15+,19-/m0/s1. The quantitative estimate of drug-likeness (QED) is 0.856. The van der Waals surface area contributed by atoms with Gasteiger partial charge in [-0.2, -0.15) is 4.98 Å². The third-order valence-corrected chi connectivity index (χ3v) is 5.64. The maximum absolute atomic E-state index is 9.36. The molecule has 3 heterocycles. The highest BCUT2D eigenvalue weighted by Gasteiger charge is 2.38. The van der Waals surface area contributed by atoms with Crippen molar-refractivity contribution in [3.63, 3.8) is 0 Å². The minimum Gasteiger partial charge on any atom is -0.394 e. The van der Waals surface area contributed by atoms with Crippen molar-refractivity contribution in [1.82, 2.24) is 9.97 Å². The number of aliphatic hydroxyl groups is 1. The molecule has 1 aromatic carbocycles. The van der Waals surface area contributed by atoms with E-state index in [0.29, 0.717) is 23.8 Å². The van der Waals surface area contributed by atoms with Gasteiger partial charge in [0.25, 0.3) is 0 Å². The van der Waals surface area contributed by atoms with E-state index in [9.17, 15) is 5.11 Å². The Hall–Kier alpha value is -2.14. The molecule has 5 rings (SSSR count). The number of fused-ring (bicyclic) bond motifs is 2. The van der Waals surface area contributed by atoms with Crippen molar-refractivity contribution in [1.29, 1.82) is 0 Å². The lowest BCUT2D eigenvalue weighted by Gasteiger charge is -2.47. The van der Waals surface area contributed by atoms with Gasteiger partial charge in [0.1, 0.15) is 5.82 Å². The van der Waals surface area contributed by atoms with Crippen LogP contribution in [0.5, 0.6) is 0 Å². The molecule has 5 heteroatoms. The summed E-state index contributed by atoms with van der Waals surface area (Å²) in [7, 11) is 0. The summed E-state index contributed by atoms with van der Waals surface area (Å²) < 4.78 is 0. The van der Waals surface area contributed by atoms with Gasteiger partial charge >= 0.3 is 0 Å². The van der Waals surface area contributed by atoms with Crippen molar-refractivity contribution < 1.29 is 5.11 Å². The predicted octanol–water partition coefficient (Wildman–Crippen LogP) is 3.83. The van der Waals surface area contributed by atoms with Gasteiger partial charge in [-0.3, -0.25) is 0 Å². The predicted molar refractivity (Wildman–Crippen MR) is 105 cm³/mol. The van der Waals surface area contributed by atoms with Gasteiger partial charge in [0.05, 0.1) is 18.3 Å². The molecule has 0 amide bonds. The fourth-order valence-corrected chi connectivity index (χ4v) is 4.21. The van der Waals surface area contributed by atoms with Crippen LogP contribution in [-0.2, 0) is 0 Å². The Morgan fingerprint density at radius 1 is 1.15 bits per heavy atom. The first-order valence-electron chi connectivity index (χ1n) is 9.68. The Morgan fingerprint density at radius 2 is 1.92 bits per heavy atom. The number of piperidine rings is 1. The number of hydrogen-bond donors (Lipinski definition) is 2. The molecule has 1 fully saturated rings. The highest BCUT2D eigenvalue weighted by molar-refractivity contribution is 5.53. The second kappa shape index (κ2) is 6.88. The van der Waals surface area contributed by atoms with Crippen LogP contribution in [0.1, 0.15) is 68.3 Å². The topological polar surface area (TPSA) is 61.3 Å². The molecule has 0 saturated carbocycles. The lowest BCUT2D eigenvalue weighted by molar-refractivity contribution is 0.281. The summed E-state index contributed by atoms with van der Waals surface area (Å²) in [5.41, 5.74) is 4.01. The first-order valence-corrected chi connectivity index (χ1v) is 9.68. The Labute approximate surface area is 155 Å². The van der Waals surface area contributed by atoms with E-state index >= 15 is 0 Å². The zero-order valence-electron chi connectivity index (χ0n) is 15.8. The van der Waals surface area contributed by atoms with E-state index in [1.165, 1.54) is 24.0 Å².